The normalized spacial score (nSPS) is 15.3. The van der Waals surface area contributed by atoms with E-state index in [0.717, 1.165) is 48.4 Å². The van der Waals surface area contributed by atoms with Crippen LogP contribution in [0, 0.1) is 0 Å². The number of urea groups is 1. The Morgan fingerprint density at radius 1 is 0.839 bits per heavy atom. The van der Waals surface area contributed by atoms with Crippen LogP contribution in [0.15, 0.2) is 76.7 Å². The fourth-order valence-electron chi connectivity index (χ4n) is 3.95. The van der Waals surface area contributed by atoms with Crippen molar-refractivity contribution in [2.24, 2.45) is 0 Å². The molecule has 0 saturated carbocycles. The van der Waals surface area contributed by atoms with Gasteiger partial charge in [-0.1, -0.05) is 54.6 Å². The van der Waals surface area contributed by atoms with Gasteiger partial charge in [0.1, 0.15) is 16.9 Å². The van der Waals surface area contributed by atoms with Gasteiger partial charge in [0.2, 0.25) is 0 Å². The molecule has 0 N–H and O–H groups in total. The second kappa shape index (κ2) is 6.95. The number of benzene rings is 2. The van der Waals surface area contributed by atoms with Crippen molar-refractivity contribution < 1.29 is 18.8 Å². The molecule has 0 unspecified atom stereocenters. The number of hydrogen-bond donors (Lipinski definition) is 0. The maximum absolute atomic E-state index is 12.4. The van der Waals surface area contributed by atoms with Crippen molar-refractivity contribution in [1.82, 2.24) is 9.80 Å². The summed E-state index contributed by atoms with van der Waals surface area (Å²) in [5, 5.41) is 3.09. The van der Waals surface area contributed by atoms with Gasteiger partial charge in [0.25, 0.3) is 11.8 Å². The minimum Gasteiger partial charge on any atom is -0.455 e. The number of carbonyl (C=O) groups excluding carboxylic acids is 3. The Hall–Kier alpha value is -4.19. The molecule has 4 amide bonds. The summed E-state index contributed by atoms with van der Waals surface area (Å²) in [6, 6.07) is 17.3. The van der Waals surface area contributed by atoms with E-state index in [0.29, 0.717) is 0 Å². The fraction of sp³-hybridized carbons (Fsp3) is 0.0800. The Bertz CT molecular complexity index is 1400. The lowest BCUT2D eigenvalue weighted by Gasteiger charge is -2.28. The van der Waals surface area contributed by atoms with Crippen LogP contribution >= 0.6 is 0 Å². The molecule has 31 heavy (non-hydrogen) atoms. The van der Waals surface area contributed by atoms with Crippen molar-refractivity contribution in [3.63, 3.8) is 0 Å². The molecule has 6 heteroatoms. The van der Waals surface area contributed by atoms with Crippen LogP contribution in [0.4, 0.5) is 4.79 Å². The smallest absolute Gasteiger partial charge is 0.333 e. The van der Waals surface area contributed by atoms with E-state index >= 15 is 0 Å². The molecule has 5 rings (SSSR count). The van der Waals surface area contributed by atoms with E-state index < -0.39 is 17.8 Å². The molecule has 3 aliphatic rings. The van der Waals surface area contributed by atoms with Gasteiger partial charge < -0.3 is 4.42 Å². The van der Waals surface area contributed by atoms with E-state index in [9.17, 15) is 14.4 Å². The first-order valence-electron chi connectivity index (χ1n) is 9.79. The molecule has 152 valence electrons. The lowest BCUT2D eigenvalue weighted by Crippen LogP contribution is -2.52. The zero-order chi connectivity index (χ0) is 21.7. The highest BCUT2D eigenvalue weighted by Crippen LogP contribution is 2.42. The van der Waals surface area contributed by atoms with Crippen molar-refractivity contribution in [2.45, 2.75) is 0 Å². The standard InChI is InChI=1S/C25H18N2O4/c1-26-23(28)19(24(29)27(2)25(26)30)12-7-11-18-16-9-4-5-10-17(16)20-14-15-8-3-6-13-21(15)31-22(18)20/h3-14H,1-2H3/b11-7-. The predicted molar refractivity (Wildman–Crippen MR) is 118 cm³/mol. The molecular weight excluding hydrogens is 392 g/mol. The van der Waals surface area contributed by atoms with Crippen molar-refractivity contribution in [2.75, 3.05) is 14.1 Å². The number of likely N-dealkylation sites (N-methyl/N-ethyl adjacent to an activating group) is 2. The molecule has 0 bridgehead atoms. The van der Waals surface area contributed by atoms with E-state index in [2.05, 4.69) is 6.07 Å². The molecule has 0 atom stereocenters. The van der Waals surface area contributed by atoms with Crippen LogP contribution in [0.2, 0.25) is 0 Å². The number of amides is 4. The van der Waals surface area contributed by atoms with Gasteiger partial charge in [0.15, 0.2) is 0 Å². The van der Waals surface area contributed by atoms with Gasteiger partial charge in [-0.15, -0.1) is 0 Å². The topological polar surface area (TPSA) is 70.8 Å². The van der Waals surface area contributed by atoms with Crippen LogP contribution in [0.25, 0.3) is 39.1 Å². The first-order chi connectivity index (χ1) is 15.0. The molecule has 2 aromatic carbocycles. The van der Waals surface area contributed by atoms with Gasteiger partial charge in [-0.3, -0.25) is 19.4 Å². The first kappa shape index (κ1) is 18.8. The fourth-order valence-corrected chi connectivity index (χ4v) is 3.95. The van der Waals surface area contributed by atoms with Gasteiger partial charge in [-0.25, -0.2) is 4.79 Å². The van der Waals surface area contributed by atoms with Crippen molar-refractivity contribution >= 4 is 45.7 Å². The molecule has 1 saturated heterocycles. The van der Waals surface area contributed by atoms with E-state index in [1.54, 1.807) is 6.08 Å². The lowest BCUT2D eigenvalue weighted by atomic mass is 10.1. The van der Waals surface area contributed by atoms with E-state index in [1.165, 1.54) is 20.2 Å². The minimum absolute atomic E-state index is 0.0663. The second-order valence-corrected chi connectivity index (χ2v) is 7.44. The first-order valence-corrected chi connectivity index (χ1v) is 9.79. The molecule has 1 aliphatic carbocycles. The van der Waals surface area contributed by atoms with E-state index in [4.69, 9.17) is 4.42 Å². The summed E-state index contributed by atoms with van der Waals surface area (Å²) < 4.78 is 6.23. The molecule has 0 radical (unpaired) electrons. The Labute approximate surface area is 178 Å². The zero-order valence-electron chi connectivity index (χ0n) is 17.0. The molecule has 2 heterocycles. The third kappa shape index (κ3) is 2.84. The van der Waals surface area contributed by atoms with Crippen LogP contribution in [0.5, 0.6) is 0 Å². The number of carbonyl (C=O) groups is 3. The number of rotatable bonds is 2. The number of fused-ring (bicyclic) bond motifs is 4. The zero-order valence-corrected chi connectivity index (χ0v) is 17.0. The van der Waals surface area contributed by atoms with Crippen LogP contribution in [-0.4, -0.2) is 41.7 Å². The molecule has 0 aromatic heterocycles. The highest BCUT2D eigenvalue weighted by molar-refractivity contribution is 6.28. The summed E-state index contributed by atoms with van der Waals surface area (Å²) in [4.78, 5) is 38.5. The molecule has 6 nitrogen and oxygen atoms in total. The summed E-state index contributed by atoms with van der Waals surface area (Å²) in [7, 11) is 2.71. The number of hydrogen-bond acceptors (Lipinski definition) is 4. The third-order valence-corrected chi connectivity index (χ3v) is 5.60. The minimum atomic E-state index is -0.644. The van der Waals surface area contributed by atoms with Crippen LogP contribution in [0.3, 0.4) is 0 Å². The molecule has 2 aromatic rings. The highest BCUT2D eigenvalue weighted by Gasteiger charge is 2.37. The Balaban J connectivity index is 1.65. The van der Waals surface area contributed by atoms with E-state index in [-0.39, 0.29) is 5.57 Å². The maximum atomic E-state index is 12.4. The third-order valence-electron chi connectivity index (χ3n) is 5.60. The summed E-state index contributed by atoms with van der Waals surface area (Å²) in [5.74, 6) is -0.503. The molecule has 1 fully saturated rings. The van der Waals surface area contributed by atoms with Crippen molar-refractivity contribution in [3.8, 4) is 11.3 Å². The number of allylic oxidation sites excluding steroid dienone is 2. The molecule has 2 aliphatic heterocycles. The highest BCUT2D eigenvalue weighted by atomic mass is 16.3. The van der Waals surface area contributed by atoms with Crippen LogP contribution in [-0.2, 0) is 9.59 Å². The maximum Gasteiger partial charge on any atom is 0.333 e. The summed E-state index contributed by atoms with van der Waals surface area (Å²) in [6.45, 7) is 0. The largest absolute Gasteiger partial charge is 0.455 e. The SMILES string of the molecule is CN1C(=O)C(=C/C=C\c2c3oc4ccccc4cc-3c3ccccc23)C(=O)N(C)C1=O. The van der Waals surface area contributed by atoms with Gasteiger partial charge in [-0.2, -0.15) is 0 Å². The average molecular weight is 410 g/mol. The van der Waals surface area contributed by atoms with Gasteiger partial charge >= 0.3 is 6.03 Å². The Morgan fingerprint density at radius 3 is 2.23 bits per heavy atom. The number of nitrogens with zero attached hydrogens (tertiary/aromatic N) is 2. The average Bonchev–Trinajstić information content (AvgIpc) is 3.10. The van der Waals surface area contributed by atoms with Crippen molar-refractivity contribution in [3.05, 3.63) is 77.9 Å². The van der Waals surface area contributed by atoms with Crippen LogP contribution in [0.1, 0.15) is 5.56 Å². The second-order valence-electron chi connectivity index (χ2n) is 7.44. The van der Waals surface area contributed by atoms with Crippen LogP contribution < -0.4 is 0 Å². The number of imide groups is 2. The quantitative estimate of drug-likeness (QED) is 0.355. The van der Waals surface area contributed by atoms with Gasteiger partial charge in [0, 0.05) is 30.6 Å². The lowest BCUT2D eigenvalue weighted by molar-refractivity contribution is -0.134. The number of para-hydroxylation sites is 1. The summed E-state index contributed by atoms with van der Waals surface area (Å²) in [5.41, 5.74) is 2.57. The summed E-state index contributed by atoms with van der Waals surface area (Å²) >= 11 is 0. The Kier molecular flexibility index (Phi) is 4.22. The molecular formula is C25H18N2O4. The molecule has 0 spiro atoms. The number of barbiturate groups is 1. The Morgan fingerprint density at radius 2 is 1.48 bits per heavy atom. The summed E-state index contributed by atoms with van der Waals surface area (Å²) in [6.07, 6.45) is 4.92. The van der Waals surface area contributed by atoms with Crippen molar-refractivity contribution in [1.29, 1.82) is 0 Å². The monoisotopic (exact) mass is 410 g/mol. The van der Waals surface area contributed by atoms with Gasteiger partial charge in [0.05, 0.1) is 0 Å². The predicted octanol–water partition coefficient (Wildman–Crippen LogP) is 4.68. The van der Waals surface area contributed by atoms with Gasteiger partial charge in [-0.05, 0) is 29.0 Å². The van der Waals surface area contributed by atoms with E-state index in [1.807, 2.05) is 54.6 Å².